The molecule has 0 saturated carbocycles. The summed E-state index contributed by atoms with van der Waals surface area (Å²) >= 11 is 0. The summed E-state index contributed by atoms with van der Waals surface area (Å²) < 4.78 is 15.3. The highest BCUT2D eigenvalue weighted by Gasteiger charge is 2.28. The van der Waals surface area contributed by atoms with Gasteiger partial charge in [-0.15, -0.1) is 0 Å². The van der Waals surface area contributed by atoms with E-state index in [-0.39, 0.29) is 11.9 Å². The molecule has 1 aromatic carbocycles. The molecule has 1 unspecified atom stereocenters. The number of benzene rings is 1. The fourth-order valence-corrected chi connectivity index (χ4v) is 2.34. The zero-order valence-electron chi connectivity index (χ0n) is 12.2. The summed E-state index contributed by atoms with van der Waals surface area (Å²) in [4.78, 5) is 4.30. The number of halogens is 1. The Kier molecular flexibility index (Phi) is 4.18. The van der Waals surface area contributed by atoms with Crippen molar-refractivity contribution in [1.82, 2.24) is 14.8 Å². The predicted octanol–water partition coefficient (Wildman–Crippen LogP) is 2.80. The van der Waals surface area contributed by atoms with Crippen LogP contribution in [-0.4, -0.2) is 14.8 Å². The van der Waals surface area contributed by atoms with Crippen LogP contribution in [-0.2, 0) is 12.0 Å². The van der Waals surface area contributed by atoms with Gasteiger partial charge in [0.15, 0.2) is 0 Å². The van der Waals surface area contributed by atoms with Gasteiger partial charge in [-0.3, -0.25) is 0 Å². The average Bonchev–Trinajstić information content (AvgIpc) is 2.86. The number of hydrogen-bond acceptors (Lipinski definition) is 3. The SMILES string of the molecule is CCC(N)(Cc1ncnn1C(C)C)c1cccc(F)c1. The average molecular weight is 276 g/mol. The molecule has 1 heterocycles. The van der Waals surface area contributed by atoms with Crippen molar-refractivity contribution < 1.29 is 4.39 Å². The summed E-state index contributed by atoms with van der Waals surface area (Å²) in [6.45, 7) is 6.09. The summed E-state index contributed by atoms with van der Waals surface area (Å²) in [5, 5.41) is 4.22. The van der Waals surface area contributed by atoms with E-state index in [2.05, 4.69) is 10.1 Å². The summed E-state index contributed by atoms with van der Waals surface area (Å²) in [5.74, 6) is 0.560. The van der Waals surface area contributed by atoms with E-state index in [0.717, 1.165) is 11.4 Å². The van der Waals surface area contributed by atoms with E-state index < -0.39 is 5.54 Å². The number of hydrogen-bond donors (Lipinski definition) is 1. The minimum Gasteiger partial charge on any atom is -0.321 e. The number of nitrogens with two attached hydrogens (primary N) is 1. The summed E-state index contributed by atoms with van der Waals surface area (Å²) in [5.41, 5.74) is 6.65. The molecular weight excluding hydrogens is 255 g/mol. The number of nitrogens with zero attached hydrogens (tertiary/aromatic N) is 3. The van der Waals surface area contributed by atoms with Crippen molar-refractivity contribution in [2.45, 2.75) is 45.2 Å². The lowest BCUT2D eigenvalue weighted by Gasteiger charge is -2.29. The van der Waals surface area contributed by atoms with Gasteiger partial charge in [-0.25, -0.2) is 14.1 Å². The van der Waals surface area contributed by atoms with Gasteiger partial charge in [-0.05, 0) is 38.0 Å². The van der Waals surface area contributed by atoms with Crippen LogP contribution in [0.4, 0.5) is 4.39 Å². The molecule has 2 aromatic rings. The van der Waals surface area contributed by atoms with Crippen LogP contribution in [0.25, 0.3) is 0 Å². The van der Waals surface area contributed by atoms with Gasteiger partial charge in [-0.2, -0.15) is 5.10 Å². The molecule has 0 aliphatic heterocycles. The van der Waals surface area contributed by atoms with Crippen molar-refractivity contribution in [3.8, 4) is 0 Å². The molecule has 0 fully saturated rings. The van der Waals surface area contributed by atoms with Gasteiger partial charge >= 0.3 is 0 Å². The molecule has 20 heavy (non-hydrogen) atoms. The molecular formula is C15H21FN4. The molecule has 1 atom stereocenters. The molecule has 0 aliphatic rings. The number of rotatable bonds is 5. The summed E-state index contributed by atoms with van der Waals surface area (Å²) in [6.07, 6.45) is 2.77. The van der Waals surface area contributed by atoms with Crippen molar-refractivity contribution in [3.63, 3.8) is 0 Å². The highest BCUT2D eigenvalue weighted by Crippen LogP contribution is 2.27. The highest BCUT2D eigenvalue weighted by molar-refractivity contribution is 5.26. The van der Waals surface area contributed by atoms with Crippen molar-refractivity contribution in [3.05, 3.63) is 47.8 Å². The molecule has 5 heteroatoms. The topological polar surface area (TPSA) is 56.7 Å². The van der Waals surface area contributed by atoms with Gasteiger partial charge in [0, 0.05) is 18.0 Å². The van der Waals surface area contributed by atoms with Crippen molar-refractivity contribution in [2.24, 2.45) is 5.73 Å². The van der Waals surface area contributed by atoms with Crippen molar-refractivity contribution >= 4 is 0 Å². The maximum absolute atomic E-state index is 13.4. The maximum Gasteiger partial charge on any atom is 0.138 e. The summed E-state index contributed by atoms with van der Waals surface area (Å²) in [7, 11) is 0. The van der Waals surface area contributed by atoms with Crippen molar-refractivity contribution in [1.29, 1.82) is 0 Å². The second kappa shape index (κ2) is 5.71. The highest BCUT2D eigenvalue weighted by atomic mass is 19.1. The molecule has 0 saturated heterocycles. The molecule has 0 radical (unpaired) electrons. The van der Waals surface area contributed by atoms with Gasteiger partial charge in [0.05, 0.1) is 0 Å². The zero-order chi connectivity index (χ0) is 14.8. The Morgan fingerprint density at radius 3 is 2.75 bits per heavy atom. The van der Waals surface area contributed by atoms with Crippen LogP contribution in [0, 0.1) is 5.82 Å². The normalized spacial score (nSPS) is 14.5. The van der Waals surface area contributed by atoms with E-state index in [9.17, 15) is 4.39 Å². The Morgan fingerprint density at radius 2 is 2.15 bits per heavy atom. The standard InChI is InChI=1S/C15H21FN4/c1-4-15(17,12-6-5-7-13(16)8-12)9-14-18-10-19-20(14)11(2)3/h5-8,10-11H,4,9,17H2,1-3H3. The van der Waals surface area contributed by atoms with Gasteiger partial charge in [0.25, 0.3) is 0 Å². The smallest absolute Gasteiger partial charge is 0.138 e. The lowest BCUT2D eigenvalue weighted by Crippen LogP contribution is -2.39. The first-order valence-electron chi connectivity index (χ1n) is 6.89. The second-order valence-corrected chi connectivity index (χ2v) is 5.41. The maximum atomic E-state index is 13.4. The van der Waals surface area contributed by atoms with Crippen LogP contribution in [0.3, 0.4) is 0 Å². The Balaban J connectivity index is 2.34. The first-order valence-corrected chi connectivity index (χ1v) is 6.89. The van der Waals surface area contributed by atoms with E-state index in [1.807, 2.05) is 31.5 Å². The lowest BCUT2D eigenvalue weighted by molar-refractivity contribution is 0.390. The molecule has 4 nitrogen and oxygen atoms in total. The Hall–Kier alpha value is -1.75. The molecule has 0 amide bonds. The van der Waals surface area contributed by atoms with Gasteiger partial charge in [0.2, 0.25) is 0 Å². The van der Waals surface area contributed by atoms with E-state index in [0.29, 0.717) is 12.8 Å². The molecule has 0 bridgehead atoms. The van der Waals surface area contributed by atoms with E-state index in [4.69, 9.17) is 5.73 Å². The Morgan fingerprint density at radius 1 is 1.40 bits per heavy atom. The largest absolute Gasteiger partial charge is 0.321 e. The fraction of sp³-hybridized carbons (Fsp3) is 0.467. The van der Waals surface area contributed by atoms with E-state index in [1.54, 1.807) is 6.07 Å². The molecule has 0 spiro atoms. The van der Waals surface area contributed by atoms with Gasteiger partial charge in [0.1, 0.15) is 18.0 Å². The Bertz CT molecular complexity index is 579. The molecule has 108 valence electrons. The van der Waals surface area contributed by atoms with Crippen LogP contribution in [0.5, 0.6) is 0 Å². The third-order valence-electron chi connectivity index (χ3n) is 3.64. The van der Waals surface area contributed by atoms with Crippen LogP contribution in [0.15, 0.2) is 30.6 Å². The van der Waals surface area contributed by atoms with E-state index in [1.165, 1.54) is 18.5 Å². The molecule has 2 rings (SSSR count). The van der Waals surface area contributed by atoms with Crippen LogP contribution in [0.2, 0.25) is 0 Å². The zero-order valence-corrected chi connectivity index (χ0v) is 12.2. The minimum absolute atomic E-state index is 0.223. The third kappa shape index (κ3) is 2.88. The minimum atomic E-state index is -0.637. The quantitative estimate of drug-likeness (QED) is 0.913. The Labute approximate surface area is 118 Å². The monoisotopic (exact) mass is 276 g/mol. The first kappa shape index (κ1) is 14.7. The fourth-order valence-electron chi connectivity index (χ4n) is 2.34. The predicted molar refractivity (Wildman–Crippen MR) is 76.7 cm³/mol. The lowest BCUT2D eigenvalue weighted by atomic mass is 9.85. The van der Waals surface area contributed by atoms with Gasteiger partial charge < -0.3 is 5.73 Å². The first-order chi connectivity index (χ1) is 9.46. The molecule has 1 aromatic heterocycles. The van der Waals surface area contributed by atoms with E-state index >= 15 is 0 Å². The van der Waals surface area contributed by atoms with Crippen LogP contribution in [0.1, 0.15) is 44.6 Å². The van der Waals surface area contributed by atoms with Crippen molar-refractivity contribution in [2.75, 3.05) is 0 Å². The third-order valence-corrected chi connectivity index (χ3v) is 3.64. The summed E-state index contributed by atoms with van der Waals surface area (Å²) in [6, 6.07) is 6.70. The molecule has 0 aliphatic carbocycles. The van der Waals surface area contributed by atoms with Crippen LogP contribution < -0.4 is 5.73 Å². The van der Waals surface area contributed by atoms with Gasteiger partial charge in [-0.1, -0.05) is 19.1 Å². The molecule has 2 N–H and O–H groups in total. The second-order valence-electron chi connectivity index (χ2n) is 5.41. The van der Waals surface area contributed by atoms with Crippen LogP contribution >= 0.6 is 0 Å². The number of aromatic nitrogens is 3.